The highest BCUT2D eigenvalue weighted by atomic mass is 16.3. The number of nitrogens with one attached hydrogen (secondary N) is 1. The number of fused-ring (bicyclic) bond motifs is 1. The highest BCUT2D eigenvalue weighted by Crippen LogP contribution is 2.40. The summed E-state index contributed by atoms with van der Waals surface area (Å²) >= 11 is 0. The van der Waals surface area contributed by atoms with Crippen molar-refractivity contribution in [3.63, 3.8) is 0 Å². The number of hydrogen-bond acceptors (Lipinski definition) is 4. The summed E-state index contributed by atoms with van der Waals surface area (Å²) in [5, 5.41) is 14.1. The predicted molar refractivity (Wildman–Crippen MR) is 110 cm³/mol. The van der Waals surface area contributed by atoms with Gasteiger partial charge in [-0.25, -0.2) is 9.97 Å². The first-order valence-electron chi connectivity index (χ1n) is 9.04. The topological polar surface area (TPSA) is 63.0 Å². The van der Waals surface area contributed by atoms with Crippen LogP contribution in [0.1, 0.15) is 44.0 Å². The molecule has 5 nitrogen and oxygen atoms in total. The first kappa shape index (κ1) is 17.5. The van der Waals surface area contributed by atoms with Gasteiger partial charge in [0.25, 0.3) is 0 Å². The van der Waals surface area contributed by atoms with Crippen LogP contribution in [0, 0.1) is 0 Å². The van der Waals surface area contributed by atoms with Crippen molar-refractivity contribution in [2.45, 2.75) is 48.8 Å². The van der Waals surface area contributed by atoms with Crippen molar-refractivity contribution in [2.75, 3.05) is 12.4 Å². The van der Waals surface area contributed by atoms with Gasteiger partial charge in [-0.3, -0.25) is 0 Å². The zero-order chi connectivity index (χ0) is 17.5. The molecular formula is C15H26B4N4O. The van der Waals surface area contributed by atoms with Crippen LogP contribution < -0.4 is 5.32 Å². The SMILES string of the molecule is BC(B)(B)C(B)(O)c1nc2cnc(NC)cc2n1C1CCCCC1. The third-order valence-corrected chi connectivity index (χ3v) is 5.67. The van der Waals surface area contributed by atoms with E-state index in [0.29, 0.717) is 6.04 Å². The lowest BCUT2D eigenvalue weighted by molar-refractivity contribution is 0.111. The highest BCUT2D eigenvalue weighted by Gasteiger charge is 2.41. The minimum Gasteiger partial charge on any atom is -0.393 e. The summed E-state index contributed by atoms with van der Waals surface area (Å²) in [6.45, 7) is 0. The number of hydrogen-bond donors (Lipinski definition) is 2. The van der Waals surface area contributed by atoms with Crippen molar-refractivity contribution >= 4 is 48.2 Å². The lowest BCUT2D eigenvalue weighted by Gasteiger charge is -2.39. The third-order valence-electron chi connectivity index (χ3n) is 5.67. The third kappa shape index (κ3) is 2.87. The van der Waals surface area contributed by atoms with E-state index in [9.17, 15) is 5.11 Å². The van der Waals surface area contributed by atoms with Gasteiger partial charge in [-0.2, -0.15) is 0 Å². The maximum absolute atomic E-state index is 11.3. The number of anilines is 1. The van der Waals surface area contributed by atoms with E-state index < -0.39 is 5.50 Å². The van der Waals surface area contributed by atoms with E-state index >= 15 is 0 Å². The lowest BCUT2D eigenvalue weighted by atomic mass is 9.32. The Kier molecular flexibility index (Phi) is 4.49. The molecule has 24 heavy (non-hydrogen) atoms. The van der Waals surface area contributed by atoms with E-state index in [1.54, 1.807) is 0 Å². The molecule has 2 heterocycles. The van der Waals surface area contributed by atoms with Crippen LogP contribution in [0.15, 0.2) is 12.3 Å². The Morgan fingerprint density at radius 1 is 1.21 bits per heavy atom. The zero-order valence-electron chi connectivity index (χ0n) is 15.6. The van der Waals surface area contributed by atoms with Crippen molar-refractivity contribution < 1.29 is 5.11 Å². The molecule has 0 aliphatic heterocycles. The van der Waals surface area contributed by atoms with Gasteiger partial charge < -0.3 is 15.0 Å². The molecule has 0 bridgehead atoms. The molecule has 0 radical (unpaired) electrons. The Morgan fingerprint density at radius 2 is 1.88 bits per heavy atom. The second-order valence-electron chi connectivity index (χ2n) is 8.23. The fourth-order valence-electron chi connectivity index (χ4n) is 3.52. The van der Waals surface area contributed by atoms with Gasteiger partial charge in [-0.1, -0.05) is 24.4 Å². The average molecular weight is 322 g/mol. The molecule has 1 atom stereocenters. The second kappa shape index (κ2) is 6.17. The maximum Gasteiger partial charge on any atom is 0.150 e. The summed E-state index contributed by atoms with van der Waals surface area (Å²) in [5.41, 5.74) is 0.920. The molecular weight excluding hydrogens is 295 g/mol. The number of aliphatic hydroxyl groups is 1. The molecule has 9 heteroatoms. The monoisotopic (exact) mass is 322 g/mol. The van der Waals surface area contributed by atoms with E-state index in [4.69, 9.17) is 4.98 Å². The maximum atomic E-state index is 11.3. The van der Waals surface area contributed by atoms with Crippen LogP contribution in [0.4, 0.5) is 5.82 Å². The molecule has 2 aromatic heterocycles. The van der Waals surface area contributed by atoms with Gasteiger partial charge in [0.15, 0.2) is 7.85 Å². The van der Waals surface area contributed by atoms with Gasteiger partial charge in [-0.05, 0) is 12.8 Å². The average Bonchev–Trinajstić information content (AvgIpc) is 2.93. The highest BCUT2D eigenvalue weighted by molar-refractivity contribution is 6.62. The van der Waals surface area contributed by atoms with Crippen molar-refractivity contribution in [1.82, 2.24) is 14.5 Å². The van der Waals surface area contributed by atoms with Gasteiger partial charge in [0.1, 0.15) is 17.2 Å². The molecule has 0 aromatic carbocycles. The van der Waals surface area contributed by atoms with E-state index in [0.717, 1.165) is 35.5 Å². The Bertz CT molecular complexity index is 735. The van der Waals surface area contributed by atoms with Crippen molar-refractivity contribution in [2.24, 2.45) is 0 Å². The minimum absolute atomic E-state index is 0.305. The summed E-state index contributed by atoms with van der Waals surface area (Å²) < 4.78 is 2.29. The standard InChI is InChI=1S/C15H26B4N4O/c1-20-12-7-11-10(8-21-12)22-13(14(16,24)15(17,18)19)23(11)9-5-3-2-4-6-9/h7-9,24H,2-6,16-19H2,1H3,(H,20,21). The van der Waals surface area contributed by atoms with Gasteiger partial charge in [0.05, 0.1) is 40.8 Å². The minimum atomic E-state index is -1.01. The van der Waals surface area contributed by atoms with Crippen LogP contribution in [0.2, 0.25) is 5.11 Å². The number of imidazole rings is 1. The van der Waals surface area contributed by atoms with Crippen LogP contribution in [-0.4, -0.2) is 58.1 Å². The second-order valence-corrected chi connectivity index (χ2v) is 8.23. The first-order chi connectivity index (χ1) is 11.3. The molecule has 3 rings (SSSR count). The molecule has 1 aliphatic carbocycles. The zero-order valence-corrected chi connectivity index (χ0v) is 15.6. The molecule has 124 valence electrons. The Balaban J connectivity index is 2.24. The largest absolute Gasteiger partial charge is 0.393 e. The Morgan fingerprint density at radius 3 is 2.46 bits per heavy atom. The Labute approximate surface area is 147 Å². The van der Waals surface area contributed by atoms with Gasteiger partial charge in [-0.15, -0.1) is 0 Å². The summed E-state index contributed by atoms with van der Waals surface area (Å²) in [6, 6.07) is 2.46. The van der Waals surface area contributed by atoms with Crippen LogP contribution in [0.5, 0.6) is 0 Å². The molecule has 1 unspecified atom stereocenters. The molecule has 1 fully saturated rings. The molecule has 0 saturated heterocycles. The van der Waals surface area contributed by atoms with Crippen molar-refractivity contribution in [3.05, 3.63) is 18.1 Å². The van der Waals surface area contributed by atoms with Crippen molar-refractivity contribution in [1.29, 1.82) is 0 Å². The first-order valence-corrected chi connectivity index (χ1v) is 9.04. The number of aromatic nitrogens is 3. The summed E-state index contributed by atoms with van der Waals surface area (Å²) in [4.78, 5) is 9.22. The number of pyridine rings is 1. The number of rotatable bonds is 4. The van der Waals surface area contributed by atoms with E-state index in [1.807, 2.05) is 21.1 Å². The Hall–Kier alpha value is -1.36. The molecule has 0 spiro atoms. The summed E-state index contributed by atoms with van der Waals surface area (Å²) in [6.07, 6.45) is 7.89. The summed E-state index contributed by atoms with van der Waals surface area (Å²) in [7, 11) is 9.96. The molecule has 2 N–H and O–H groups in total. The van der Waals surface area contributed by atoms with Crippen LogP contribution in [0.3, 0.4) is 0 Å². The van der Waals surface area contributed by atoms with Gasteiger partial charge >= 0.3 is 0 Å². The lowest BCUT2D eigenvalue weighted by Crippen LogP contribution is -2.45. The van der Waals surface area contributed by atoms with E-state index in [2.05, 4.69) is 44.5 Å². The van der Waals surface area contributed by atoms with E-state index in [1.165, 1.54) is 19.3 Å². The fraction of sp³-hybridized carbons (Fsp3) is 0.600. The normalized spacial score (nSPS) is 19.2. The number of nitrogens with zero attached hydrogens (tertiary/aromatic N) is 3. The van der Waals surface area contributed by atoms with E-state index in [-0.39, 0.29) is 5.11 Å². The smallest absolute Gasteiger partial charge is 0.150 e. The molecule has 2 aromatic rings. The van der Waals surface area contributed by atoms with Gasteiger partial charge in [0.2, 0.25) is 0 Å². The molecule has 1 saturated carbocycles. The van der Waals surface area contributed by atoms with Crippen LogP contribution >= 0.6 is 0 Å². The van der Waals surface area contributed by atoms with Gasteiger partial charge in [0, 0.05) is 19.2 Å². The molecule has 1 aliphatic rings. The van der Waals surface area contributed by atoms with Crippen molar-refractivity contribution in [3.8, 4) is 0 Å². The predicted octanol–water partition coefficient (Wildman–Crippen LogP) is -1.27. The van der Waals surface area contributed by atoms with Crippen LogP contribution in [-0.2, 0) is 5.50 Å². The summed E-state index contributed by atoms with van der Waals surface area (Å²) in [5.74, 6) is 1.60. The fourth-order valence-corrected chi connectivity index (χ4v) is 3.52. The quantitative estimate of drug-likeness (QED) is 0.689. The van der Waals surface area contributed by atoms with Crippen LogP contribution in [0.25, 0.3) is 11.0 Å². The molecule has 0 amide bonds.